The zero-order valence-corrected chi connectivity index (χ0v) is 9.67. The Bertz CT molecular complexity index is 140. The quantitative estimate of drug-likeness (QED) is 0.520. The van der Waals surface area contributed by atoms with E-state index in [0.717, 1.165) is 38.8 Å². The lowest BCUT2D eigenvalue weighted by molar-refractivity contribution is 0.0518. The van der Waals surface area contributed by atoms with E-state index in [4.69, 9.17) is 14.2 Å². The van der Waals surface area contributed by atoms with Crippen LogP contribution >= 0.6 is 0 Å². The minimum absolute atomic E-state index is 0.673. The molecule has 0 amide bonds. The van der Waals surface area contributed by atoms with E-state index in [2.05, 4.69) is 5.32 Å². The summed E-state index contributed by atoms with van der Waals surface area (Å²) in [5.74, 6) is 0. The van der Waals surface area contributed by atoms with E-state index in [0.29, 0.717) is 13.2 Å². The van der Waals surface area contributed by atoms with Gasteiger partial charge in [0, 0.05) is 32.9 Å². The first kappa shape index (κ1) is 12.9. The third-order valence-electron chi connectivity index (χ3n) is 2.27. The molecule has 0 saturated heterocycles. The molecule has 1 aliphatic carbocycles. The highest BCUT2D eigenvalue weighted by atomic mass is 16.5. The molecule has 0 aromatic rings. The van der Waals surface area contributed by atoms with E-state index in [1.54, 1.807) is 7.11 Å². The summed E-state index contributed by atoms with van der Waals surface area (Å²) in [6, 6.07) is 0.783. The number of ether oxygens (including phenoxy) is 3. The van der Waals surface area contributed by atoms with Gasteiger partial charge in [-0.1, -0.05) is 0 Å². The minimum Gasteiger partial charge on any atom is -0.382 e. The molecule has 0 unspecified atom stereocenters. The maximum atomic E-state index is 5.44. The average molecular weight is 217 g/mol. The van der Waals surface area contributed by atoms with E-state index >= 15 is 0 Å². The van der Waals surface area contributed by atoms with Crippen LogP contribution in [0.15, 0.2) is 0 Å². The Hall–Kier alpha value is -0.160. The molecule has 90 valence electrons. The van der Waals surface area contributed by atoms with E-state index < -0.39 is 0 Å². The third-order valence-corrected chi connectivity index (χ3v) is 2.27. The highest BCUT2D eigenvalue weighted by Gasteiger charge is 2.19. The molecule has 0 bridgehead atoms. The fourth-order valence-electron chi connectivity index (χ4n) is 1.23. The van der Waals surface area contributed by atoms with Crippen LogP contribution in [-0.2, 0) is 14.2 Å². The fraction of sp³-hybridized carbons (Fsp3) is 1.00. The van der Waals surface area contributed by atoms with E-state index in [-0.39, 0.29) is 0 Å². The first-order valence-corrected chi connectivity index (χ1v) is 5.81. The van der Waals surface area contributed by atoms with Gasteiger partial charge in [0.05, 0.1) is 19.8 Å². The van der Waals surface area contributed by atoms with Gasteiger partial charge in [-0.2, -0.15) is 0 Å². The van der Waals surface area contributed by atoms with Crippen LogP contribution < -0.4 is 5.32 Å². The van der Waals surface area contributed by atoms with Gasteiger partial charge in [-0.3, -0.25) is 0 Å². The van der Waals surface area contributed by atoms with Gasteiger partial charge < -0.3 is 19.5 Å². The smallest absolute Gasteiger partial charge is 0.0700 e. The molecule has 1 aliphatic rings. The minimum atomic E-state index is 0.673. The Kier molecular flexibility index (Phi) is 7.83. The Balaban J connectivity index is 1.62. The van der Waals surface area contributed by atoms with Crippen molar-refractivity contribution in [3.63, 3.8) is 0 Å². The first-order chi connectivity index (χ1) is 7.43. The molecule has 0 radical (unpaired) electrons. The molecule has 4 heteroatoms. The monoisotopic (exact) mass is 217 g/mol. The number of rotatable bonds is 11. The average Bonchev–Trinajstić information content (AvgIpc) is 3.05. The molecule has 15 heavy (non-hydrogen) atoms. The molecule has 1 fully saturated rings. The Labute approximate surface area is 92.3 Å². The lowest BCUT2D eigenvalue weighted by Crippen LogP contribution is -2.22. The molecule has 0 aromatic carbocycles. The number of nitrogens with one attached hydrogen (secondary N) is 1. The maximum absolute atomic E-state index is 5.44. The van der Waals surface area contributed by atoms with Crippen molar-refractivity contribution in [2.45, 2.75) is 25.3 Å². The number of methoxy groups -OCH3 is 1. The van der Waals surface area contributed by atoms with Crippen LogP contribution in [0.4, 0.5) is 0 Å². The summed E-state index contributed by atoms with van der Waals surface area (Å²) >= 11 is 0. The lowest BCUT2D eigenvalue weighted by atomic mass is 10.5. The first-order valence-electron chi connectivity index (χ1n) is 5.81. The van der Waals surface area contributed by atoms with Gasteiger partial charge in [-0.25, -0.2) is 0 Å². The number of hydrogen-bond donors (Lipinski definition) is 1. The van der Waals surface area contributed by atoms with Crippen LogP contribution in [0, 0.1) is 0 Å². The van der Waals surface area contributed by atoms with Gasteiger partial charge in [0.1, 0.15) is 0 Å². The van der Waals surface area contributed by atoms with Crippen molar-refractivity contribution in [2.24, 2.45) is 0 Å². The summed E-state index contributed by atoms with van der Waals surface area (Å²) < 4.78 is 15.6. The van der Waals surface area contributed by atoms with Crippen molar-refractivity contribution in [1.29, 1.82) is 0 Å². The molecule has 0 spiro atoms. The van der Waals surface area contributed by atoms with Crippen LogP contribution in [0.25, 0.3) is 0 Å². The van der Waals surface area contributed by atoms with Crippen LogP contribution in [-0.4, -0.2) is 52.7 Å². The van der Waals surface area contributed by atoms with Gasteiger partial charge in [-0.15, -0.1) is 0 Å². The van der Waals surface area contributed by atoms with Crippen LogP contribution in [0.5, 0.6) is 0 Å². The largest absolute Gasteiger partial charge is 0.382 e. The zero-order valence-electron chi connectivity index (χ0n) is 9.67. The molecule has 0 atom stereocenters. The predicted molar refractivity (Wildman–Crippen MR) is 59.2 cm³/mol. The summed E-state index contributed by atoms with van der Waals surface area (Å²) in [5.41, 5.74) is 0. The fourth-order valence-corrected chi connectivity index (χ4v) is 1.23. The molecule has 0 heterocycles. The summed E-state index contributed by atoms with van der Waals surface area (Å²) in [5, 5.41) is 3.40. The van der Waals surface area contributed by atoms with Crippen LogP contribution in [0.3, 0.4) is 0 Å². The molecule has 0 aliphatic heterocycles. The molecular weight excluding hydrogens is 194 g/mol. The third kappa shape index (κ3) is 8.81. The summed E-state index contributed by atoms with van der Waals surface area (Å²) in [6.45, 7) is 4.70. The lowest BCUT2D eigenvalue weighted by Gasteiger charge is -2.05. The molecule has 1 rings (SSSR count). The van der Waals surface area contributed by atoms with Crippen LogP contribution in [0.1, 0.15) is 19.3 Å². The summed E-state index contributed by atoms with van der Waals surface area (Å²) in [4.78, 5) is 0. The second kappa shape index (κ2) is 9.09. The highest BCUT2D eigenvalue weighted by molar-refractivity contribution is 4.80. The SMILES string of the molecule is COCCOCCCOCCNC1CC1. The van der Waals surface area contributed by atoms with Gasteiger partial charge >= 0.3 is 0 Å². The van der Waals surface area contributed by atoms with Gasteiger partial charge in [0.15, 0.2) is 0 Å². The Morgan fingerprint density at radius 2 is 1.73 bits per heavy atom. The molecule has 0 aromatic heterocycles. The second-order valence-electron chi connectivity index (χ2n) is 3.80. The van der Waals surface area contributed by atoms with Crippen molar-refractivity contribution in [1.82, 2.24) is 5.32 Å². The zero-order chi connectivity index (χ0) is 10.8. The van der Waals surface area contributed by atoms with Crippen molar-refractivity contribution in [3.8, 4) is 0 Å². The van der Waals surface area contributed by atoms with E-state index in [1.807, 2.05) is 0 Å². The number of hydrogen-bond acceptors (Lipinski definition) is 4. The Morgan fingerprint density at radius 3 is 2.40 bits per heavy atom. The maximum Gasteiger partial charge on any atom is 0.0700 e. The van der Waals surface area contributed by atoms with Gasteiger partial charge in [-0.05, 0) is 19.3 Å². The van der Waals surface area contributed by atoms with Crippen molar-refractivity contribution < 1.29 is 14.2 Å². The Morgan fingerprint density at radius 1 is 1.00 bits per heavy atom. The predicted octanol–water partition coefficient (Wildman–Crippen LogP) is 0.808. The summed E-state index contributed by atoms with van der Waals surface area (Å²) in [6.07, 6.45) is 3.65. The van der Waals surface area contributed by atoms with Crippen LogP contribution in [0.2, 0.25) is 0 Å². The molecular formula is C11H23NO3. The second-order valence-corrected chi connectivity index (χ2v) is 3.80. The summed E-state index contributed by atoms with van der Waals surface area (Å²) in [7, 11) is 1.68. The molecule has 1 saturated carbocycles. The highest BCUT2D eigenvalue weighted by Crippen LogP contribution is 2.17. The standard InChI is InChI=1S/C11H23NO3/c1-13-9-10-15-7-2-6-14-8-5-12-11-3-4-11/h11-12H,2-10H2,1H3. The van der Waals surface area contributed by atoms with Crippen molar-refractivity contribution in [3.05, 3.63) is 0 Å². The van der Waals surface area contributed by atoms with Crippen molar-refractivity contribution in [2.75, 3.05) is 46.7 Å². The van der Waals surface area contributed by atoms with E-state index in [9.17, 15) is 0 Å². The molecule has 4 nitrogen and oxygen atoms in total. The van der Waals surface area contributed by atoms with E-state index in [1.165, 1.54) is 12.8 Å². The normalized spacial score (nSPS) is 15.8. The van der Waals surface area contributed by atoms with Gasteiger partial charge in [0.2, 0.25) is 0 Å². The van der Waals surface area contributed by atoms with Crippen molar-refractivity contribution >= 4 is 0 Å². The van der Waals surface area contributed by atoms with Gasteiger partial charge in [0.25, 0.3) is 0 Å². The molecule has 1 N–H and O–H groups in total. The topological polar surface area (TPSA) is 39.7 Å².